The molecule has 0 aliphatic carbocycles. The fourth-order valence-electron chi connectivity index (χ4n) is 1.59. The Balaban J connectivity index is 2.75. The number of halogens is 3. The topological polar surface area (TPSA) is 39.1 Å². The molecule has 0 saturated carbocycles. The van der Waals surface area contributed by atoms with Crippen molar-refractivity contribution in [2.45, 2.75) is 26.1 Å². The molecular weight excluding hydrogens is 267 g/mol. The summed E-state index contributed by atoms with van der Waals surface area (Å²) in [5.41, 5.74) is -0.372. The summed E-state index contributed by atoms with van der Waals surface area (Å²) >= 11 is 0. The lowest BCUT2D eigenvalue weighted by molar-refractivity contribution is -0.137. The van der Waals surface area contributed by atoms with E-state index >= 15 is 0 Å². The van der Waals surface area contributed by atoms with Crippen molar-refractivity contribution >= 4 is 5.69 Å². The van der Waals surface area contributed by atoms with Crippen LogP contribution < -0.4 is 5.32 Å². The smallest absolute Gasteiger partial charge is 0.383 e. The Morgan fingerprint density at radius 1 is 1.35 bits per heavy atom. The molecule has 0 atom stereocenters. The number of nitrogens with one attached hydrogen (secondary N) is 1. The Morgan fingerprint density at radius 2 is 2.00 bits per heavy atom. The van der Waals surface area contributed by atoms with Gasteiger partial charge in [-0.1, -0.05) is 0 Å². The summed E-state index contributed by atoms with van der Waals surface area (Å²) in [7, 11) is 1.96. The van der Waals surface area contributed by atoms with Gasteiger partial charge in [0.1, 0.15) is 6.07 Å². The van der Waals surface area contributed by atoms with E-state index in [1.807, 2.05) is 7.05 Å². The van der Waals surface area contributed by atoms with E-state index in [4.69, 9.17) is 5.26 Å². The molecule has 0 fully saturated rings. The van der Waals surface area contributed by atoms with Crippen molar-refractivity contribution in [1.82, 2.24) is 4.90 Å². The summed E-state index contributed by atoms with van der Waals surface area (Å²) < 4.78 is 37.6. The summed E-state index contributed by atoms with van der Waals surface area (Å²) in [5.74, 6) is 0. The molecule has 20 heavy (non-hydrogen) atoms. The monoisotopic (exact) mass is 285 g/mol. The molecule has 1 rings (SSSR count). The van der Waals surface area contributed by atoms with Crippen LogP contribution in [0.4, 0.5) is 18.9 Å². The van der Waals surface area contributed by atoms with E-state index in [1.165, 1.54) is 6.07 Å². The van der Waals surface area contributed by atoms with E-state index in [-0.39, 0.29) is 5.56 Å². The highest BCUT2D eigenvalue weighted by molar-refractivity contribution is 5.59. The maximum absolute atomic E-state index is 12.5. The van der Waals surface area contributed by atoms with E-state index in [0.717, 1.165) is 18.7 Å². The Kier molecular flexibility index (Phi) is 5.40. The van der Waals surface area contributed by atoms with Gasteiger partial charge in [-0.15, -0.1) is 0 Å². The van der Waals surface area contributed by atoms with E-state index in [9.17, 15) is 13.2 Å². The van der Waals surface area contributed by atoms with Crippen molar-refractivity contribution in [3.63, 3.8) is 0 Å². The Morgan fingerprint density at radius 3 is 2.50 bits per heavy atom. The van der Waals surface area contributed by atoms with Crippen LogP contribution in [0.1, 0.15) is 25.0 Å². The Hall–Kier alpha value is -1.74. The van der Waals surface area contributed by atoms with Gasteiger partial charge in [-0.05, 0) is 39.1 Å². The fraction of sp³-hybridized carbons (Fsp3) is 0.500. The molecule has 0 heterocycles. The first kappa shape index (κ1) is 16.3. The molecule has 0 saturated heterocycles. The quantitative estimate of drug-likeness (QED) is 0.902. The molecule has 1 aromatic rings. The molecule has 1 aromatic carbocycles. The summed E-state index contributed by atoms with van der Waals surface area (Å²) in [4.78, 5) is 2.10. The fourth-order valence-corrected chi connectivity index (χ4v) is 1.59. The van der Waals surface area contributed by atoms with Crippen LogP contribution in [0.3, 0.4) is 0 Å². The molecule has 0 aliphatic rings. The second-order valence-corrected chi connectivity index (χ2v) is 4.87. The van der Waals surface area contributed by atoms with Gasteiger partial charge in [-0.25, -0.2) is 0 Å². The van der Waals surface area contributed by atoms with Gasteiger partial charge < -0.3 is 10.2 Å². The molecule has 0 radical (unpaired) electrons. The number of benzene rings is 1. The normalized spacial score (nSPS) is 11.8. The molecule has 6 heteroatoms. The maximum atomic E-state index is 12.5. The second-order valence-electron chi connectivity index (χ2n) is 4.87. The SMILES string of the molecule is CC(C)N(C)CCNc1ccc(C(F)(F)F)cc1C#N. The van der Waals surface area contributed by atoms with Crippen LogP contribution in [0, 0.1) is 11.3 Å². The van der Waals surface area contributed by atoms with Gasteiger partial charge in [-0.2, -0.15) is 18.4 Å². The zero-order valence-electron chi connectivity index (χ0n) is 11.8. The van der Waals surface area contributed by atoms with Gasteiger partial charge in [0.15, 0.2) is 0 Å². The van der Waals surface area contributed by atoms with Gasteiger partial charge in [0.05, 0.1) is 16.8 Å². The van der Waals surface area contributed by atoms with Crippen LogP contribution in [0.5, 0.6) is 0 Å². The maximum Gasteiger partial charge on any atom is 0.416 e. The predicted octanol–water partition coefficient (Wildman–Crippen LogP) is 3.33. The standard InChI is InChI=1S/C14H18F3N3/c1-10(2)20(3)7-6-19-13-5-4-12(14(15,16)17)8-11(13)9-18/h4-5,8,10,19H,6-7H2,1-3H3. The molecule has 110 valence electrons. The van der Waals surface area contributed by atoms with Crippen LogP contribution in [-0.2, 0) is 6.18 Å². The number of alkyl halides is 3. The van der Waals surface area contributed by atoms with Crippen molar-refractivity contribution in [2.75, 3.05) is 25.5 Å². The number of hydrogen-bond donors (Lipinski definition) is 1. The number of hydrogen-bond acceptors (Lipinski definition) is 3. The molecule has 1 N–H and O–H groups in total. The third-order valence-electron chi connectivity index (χ3n) is 3.13. The molecule has 0 aliphatic heterocycles. The van der Waals surface area contributed by atoms with Gasteiger partial charge >= 0.3 is 6.18 Å². The van der Waals surface area contributed by atoms with Crippen LogP contribution >= 0.6 is 0 Å². The zero-order chi connectivity index (χ0) is 15.3. The summed E-state index contributed by atoms with van der Waals surface area (Å²) in [6.07, 6.45) is -4.43. The first-order valence-corrected chi connectivity index (χ1v) is 6.31. The molecule has 0 unspecified atom stereocenters. The van der Waals surface area contributed by atoms with E-state index in [0.29, 0.717) is 18.3 Å². The van der Waals surface area contributed by atoms with Gasteiger partial charge in [0, 0.05) is 19.1 Å². The van der Waals surface area contributed by atoms with E-state index in [2.05, 4.69) is 24.1 Å². The van der Waals surface area contributed by atoms with E-state index in [1.54, 1.807) is 6.07 Å². The van der Waals surface area contributed by atoms with Crippen LogP contribution in [0.25, 0.3) is 0 Å². The highest BCUT2D eigenvalue weighted by Crippen LogP contribution is 2.31. The number of nitriles is 1. The van der Waals surface area contributed by atoms with Crippen LogP contribution in [0.2, 0.25) is 0 Å². The molecule has 0 aromatic heterocycles. The largest absolute Gasteiger partial charge is 0.416 e. The highest BCUT2D eigenvalue weighted by atomic mass is 19.4. The summed E-state index contributed by atoms with van der Waals surface area (Å²) in [6, 6.07) is 5.33. The number of rotatable bonds is 5. The number of likely N-dealkylation sites (N-methyl/N-ethyl adjacent to an activating group) is 1. The molecule has 0 spiro atoms. The summed E-state index contributed by atoms with van der Waals surface area (Å²) in [6.45, 7) is 5.41. The lowest BCUT2D eigenvalue weighted by atomic mass is 10.1. The highest BCUT2D eigenvalue weighted by Gasteiger charge is 2.31. The van der Waals surface area contributed by atoms with Crippen molar-refractivity contribution in [1.29, 1.82) is 5.26 Å². The number of nitrogens with zero attached hydrogens (tertiary/aromatic N) is 2. The van der Waals surface area contributed by atoms with Gasteiger partial charge in [0.25, 0.3) is 0 Å². The first-order chi connectivity index (χ1) is 9.25. The van der Waals surface area contributed by atoms with E-state index < -0.39 is 11.7 Å². The second kappa shape index (κ2) is 6.62. The van der Waals surface area contributed by atoms with Gasteiger partial charge in [-0.3, -0.25) is 0 Å². The van der Waals surface area contributed by atoms with Crippen molar-refractivity contribution in [2.24, 2.45) is 0 Å². The minimum atomic E-state index is -4.43. The Bertz CT molecular complexity index is 489. The minimum absolute atomic E-state index is 0.00650. The van der Waals surface area contributed by atoms with Crippen LogP contribution in [-0.4, -0.2) is 31.1 Å². The lowest BCUT2D eigenvalue weighted by Crippen LogP contribution is -2.31. The third-order valence-corrected chi connectivity index (χ3v) is 3.13. The minimum Gasteiger partial charge on any atom is -0.383 e. The van der Waals surface area contributed by atoms with Gasteiger partial charge in [0.2, 0.25) is 0 Å². The first-order valence-electron chi connectivity index (χ1n) is 6.31. The number of anilines is 1. The van der Waals surface area contributed by atoms with Crippen molar-refractivity contribution < 1.29 is 13.2 Å². The predicted molar refractivity (Wildman–Crippen MR) is 72.4 cm³/mol. The summed E-state index contributed by atoms with van der Waals surface area (Å²) in [5, 5.41) is 11.9. The average Bonchev–Trinajstić information content (AvgIpc) is 2.37. The van der Waals surface area contributed by atoms with Crippen LogP contribution in [0.15, 0.2) is 18.2 Å². The third kappa shape index (κ3) is 4.42. The zero-order valence-corrected chi connectivity index (χ0v) is 11.8. The molecule has 3 nitrogen and oxygen atoms in total. The molecule has 0 amide bonds. The molecular formula is C14H18F3N3. The average molecular weight is 285 g/mol. The lowest BCUT2D eigenvalue weighted by Gasteiger charge is -2.21. The Labute approximate surface area is 117 Å². The van der Waals surface area contributed by atoms with Crippen molar-refractivity contribution in [3.05, 3.63) is 29.3 Å². The van der Waals surface area contributed by atoms with Crippen molar-refractivity contribution in [3.8, 4) is 6.07 Å². The molecule has 0 bridgehead atoms.